The molecular weight excluding hydrogens is 198 g/mol. The van der Waals surface area contributed by atoms with Gasteiger partial charge >= 0.3 is 0 Å². The van der Waals surface area contributed by atoms with Crippen molar-refractivity contribution in [2.75, 3.05) is 5.32 Å². The fraction of sp³-hybridized carbons (Fsp3) is 0.500. The molecule has 1 aromatic rings. The Morgan fingerprint density at radius 2 is 1.50 bits per heavy atom. The van der Waals surface area contributed by atoms with Gasteiger partial charge in [0.1, 0.15) is 0 Å². The number of hydrogen-bond acceptors (Lipinski definition) is 1. The minimum Gasteiger partial charge on any atom is -0.326 e. The molecule has 1 N–H and O–H groups in total. The summed E-state index contributed by atoms with van der Waals surface area (Å²) in [6.07, 6.45) is 0. The number of benzene rings is 1. The molecule has 1 amide bonds. The van der Waals surface area contributed by atoms with Crippen LogP contribution in [0, 0.1) is 0 Å². The summed E-state index contributed by atoms with van der Waals surface area (Å²) >= 11 is 0. The first-order valence-corrected chi connectivity index (χ1v) is 5.83. The van der Waals surface area contributed by atoms with Gasteiger partial charge in [0.15, 0.2) is 0 Å². The normalized spacial score (nSPS) is 10.9. The predicted octanol–water partition coefficient (Wildman–Crippen LogP) is 3.89. The molecule has 0 heterocycles. The van der Waals surface area contributed by atoms with E-state index in [0.29, 0.717) is 11.8 Å². The fourth-order valence-electron chi connectivity index (χ4n) is 1.87. The van der Waals surface area contributed by atoms with Gasteiger partial charge in [0, 0.05) is 12.6 Å². The topological polar surface area (TPSA) is 29.1 Å². The van der Waals surface area contributed by atoms with Crippen molar-refractivity contribution in [2.45, 2.75) is 46.5 Å². The molecule has 0 fully saturated rings. The Hall–Kier alpha value is -1.31. The lowest BCUT2D eigenvalue weighted by molar-refractivity contribution is -0.114. The van der Waals surface area contributed by atoms with E-state index in [4.69, 9.17) is 0 Å². The van der Waals surface area contributed by atoms with E-state index < -0.39 is 0 Å². The molecular formula is C14H21NO. The highest BCUT2D eigenvalue weighted by atomic mass is 16.1. The summed E-state index contributed by atoms with van der Waals surface area (Å²) in [6.45, 7) is 10.1. The van der Waals surface area contributed by atoms with Crippen molar-refractivity contribution in [1.82, 2.24) is 0 Å². The third-order valence-corrected chi connectivity index (χ3v) is 2.67. The Balaban J connectivity index is 3.28. The van der Waals surface area contributed by atoms with Gasteiger partial charge in [-0.3, -0.25) is 4.79 Å². The van der Waals surface area contributed by atoms with Crippen LogP contribution >= 0.6 is 0 Å². The van der Waals surface area contributed by atoms with Gasteiger partial charge in [0.05, 0.1) is 0 Å². The number of para-hydroxylation sites is 1. The van der Waals surface area contributed by atoms with Crippen molar-refractivity contribution in [3.8, 4) is 0 Å². The summed E-state index contributed by atoms with van der Waals surface area (Å²) in [7, 11) is 0. The van der Waals surface area contributed by atoms with Crippen LogP contribution in [0.2, 0.25) is 0 Å². The Morgan fingerprint density at radius 3 is 1.81 bits per heavy atom. The molecule has 0 aliphatic carbocycles. The molecule has 0 aliphatic heterocycles. The van der Waals surface area contributed by atoms with Crippen LogP contribution in [0.4, 0.5) is 5.69 Å². The largest absolute Gasteiger partial charge is 0.326 e. The molecule has 0 saturated heterocycles. The summed E-state index contributed by atoms with van der Waals surface area (Å²) in [5.41, 5.74) is 3.42. The van der Waals surface area contributed by atoms with E-state index in [2.05, 4.69) is 51.2 Å². The Labute approximate surface area is 98.1 Å². The standard InChI is InChI=1S/C14H21NO/c1-9(2)12-7-6-8-13(10(3)4)14(12)15-11(5)16/h6-10H,1-5H3,(H,15,16). The van der Waals surface area contributed by atoms with Crippen molar-refractivity contribution < 1.29 is 4.79 Å². The lowest BCUT2D eigenvalue weighted by atomic mass is 9.92. The zero-order chi connectivity index (χ0) is 12.3. The molecule has 0 atom stereocenters. The summed E-state index contributed by atoms with van der Waals surface area (Å²) in [4.78, 5) is 11.3. The molecule has 0 spiro atoms. The maximum Gasteiger partial charge on any atom is 0.221 e. The average Bonchev–Trinajstić information content (AvgIpc) is 2.16. The smallest absolute Gasteiger partial charge is 0.221 e. The number of rotatable bonds is 3. The van der Waals surface area contributed by atoms with Gasteiger partial charge in [0.2, 0.25) is 5.91 Å². The fourth-order valence-corrected chi connectivity index (χ4v) is 1.87. The molecule has 2 heteroatoms. The Bertz CT molecular complexity index is 354. The molecule has 88 valence electrons. The van der Waals surface area contributed by atoms with Gasteiger partial charge in [-0.15, -0.1) is 0 Å². The molecule has 0 radical (unpaired) electrons. The lowest BCUT2D eigenvalue weighted by Crippen LogP contribution is -2.12. The first-order chi connectivity index (χ1) is 7.43. The highest BCUT2D eigenvalue weighted by Crippen LogP contribution is 2.32. The summed E-state index contributed by atoms with van der Waals surface area (Å²) < 4.78 is 0. The zero-order valence-corrected chi connectivity index (χ0v) is 10.8. The van der Waals surface area contributed by atoms with E-state index in [0.717, 1.165) is 5.69 Å². The van der Waals surface area contributed by atoms with Gasteiger partial charge in [-0.2, -0.15) is 0 Å². The second kappa shape index (κ2) is 5.15. The number of anilines is 1. The van der Waals surface area contributed by atoms with Gasteiger partial charge in [0.25, 0.3) is 0 Å². The van der Waals surface area contributed by atoms with Gasteiger partial charge in [-0.1, -0.05) is 45.9 Å². The first-order valence-electron chi connectivity index (χ1n) is 5.83. The van der Waals surface area contributed by atoms with Crippen molar-refractivity contribution in [2.24, 2.45) is 0 Å². The molecule has 16 heavy (non-hydrogen) atoms. The zero-order valence-electron chi connectivity index (χ0n) is 10.8. The molecule has 0 unspecified atom stereocenters. The van der Waals surface area contributed by atoms with Crippen LogP contribution in [-0.2, 0) is 4.79 Å². The first kappa shape index (κ1) is 12.8. The van der Waals surface area contributed by atoms with Crippen LogP contribution in [0.3, 0.4) is 0 Å². The highest BCUT2D eigenvalue weighted by Gasteiger charge is 2.14. The molecule has 0 saturated carbocycles. The number of carbonyl (C=O) groups is 1. The monoisotopic (exact) mass is 219 g/mol. The van der Waals surface area contributed by atoms with Gasteiger partial charge < -0.3 is 5.32 Å². The van der Waals surface area contributed by atoms with Crippen molar-refractivity contribution in [3.63, 3.8) is 0 Å². The molecule has 0 aromatic heterocycles. The number of hydrogen-bond donors (Lipinski definition) is 1. The maximum absolute atomic E-state index is 11.3. The van der Waals surface area contributed by atoms with Crippen molar-refractivity contribution >= 4 is 11.6 Å². The lowest BCUT2D eigenvalue weighted by Gasteiger charge is -2.19. The third-order valence-electron chi connectivity index (χ3n) is 2.67. The van der Waals surface area contributed by atoms with E-state index in [1.54, 1.807) is 6.92 Å². The molecule has 1 rings (SSSR count). The van der Waals surface area contributed by atoms with Gasteiger partial charge in [-0.25, -0.2) is 0 Å². The van der Waals surface area contributed by atoms with E-state index in [9.17, 15) is 4.79 Å². The van der Waals surface area contributed by atoms with E-state index >= 15 is 0 Å². The van der Waals surface area contributed by atoms with Crippen LogP contribution in [0.5, 0.6) is 0 Å². The predicted molar refractivity (Wildman–Crippen MR) is 68.9 cm³/mol. The average molecular weight is 219 g/mol. The van der Waals surface area contributed by atoms with Crippen LogP contribution in [0.15, 0.2) is 18.2 Å². The number of nitrogens with one attached hydrogen (secondary N) is 1. The number of carbonyl (C=O) groups excluding carboxylic acids is 1. The Morgan fingerprint density at radius 1 is 1.06 bits per heavy atom. The van der Waals surface area contributed by atoms with Crippen LogP contribution in [0.1, 0.15) is 57.6 Å². The van der Waals surface area contributed by atoms with Gasteiger partial charge in [-0.05, 0) is 23.0 Å². The van der Waals surface area contributed by atoms with Crippen LogP contribution in [0.25, 0.3) is 0 Å². The molecule has 1 aromatic carbocycles. The molecule has 2 nitrogen and oxygen atoms in total. The van der Waals surface area contributed by atoms with Crippen LogP contribution < -0.4 is 5.32 Å². The van der Waals surface area contributed by atoms with E-state index in [1.807, 2.05) is 0 Å². The van der Waals surface area contributed by atoms with Crippen molar-refractivity contribution in [1.29, 1.82) is 0 Å². The number of amides is 1. The summed E-state index contributed by atoms with van der Waals surface area (Å²) in [6, 6.07) is 6.24. The second-order valence-electron chi connectivity index (χ2n) is 4.80. The third kappa shape index (κ3) is 2.84. The van der Waals surface area contributed by atoms with Crippen molar-refractivity contribution in [3.05, 3.63) is 29.3 Å². The SMILES string of the molecule is CC(=O)Nc1c(C(C)C)cccc1C(C)C. The minimum atomic E-state index is -0.00463. The highest BCUT2D eigenvalue weighted by molar-refractivity contribution is 5.90. The maximum atomic E-state index is 11.3. The Kier molecular flexibility index (Phi) is 4.11. The summed E-state index contributed by atoms with van der Waals surface area (Å²) in [5.74, 6) is 0.830. The van der Waals surface area contributed by atoms with E-state index in [-0.39, 0.29) is 5.91 Å². The molecule has 0 bridgehead atoms. The summed E-state index contributed by atoms with van der Waals surface area (Å²) in [5, 5.41) is 2.97. The second-order valence-corrected chi connectivity index (χ2v) is 4.80. The van der Waals surface area contributed by atoms with Crippen LogP contribution in [-0.4, -0.2) is 5.91 Å². The quantitative estimate of drug-likeness (QED) is 0.821. The minimum absolute atomic E-state index is 0.00463. The van der Waals surface area contributed by atoms with E-state index in [1.165, 1.54) is 11.1 Å². The molecule has 0 aliphatic rings.